The largest absolute Gasteiger partial charge is 0.490 e. The van der Waals surface area contributed by atoms with Gasteiger partial charge < -0.3 is 19.7 Å². The number of anilines is 1. The van der Waals surface area contributed by atoms with Gasteiger partial charge in [0.2, 0.25) is 5.91 Å². The Kier molecular flexibility index (Phi) is 10.4. The van der Waals surface area contributed by atoms with Crippen molar-refractivity contribution in [2.45, 2.75) is 33.1 Å². The molecule has 4 rings (SSSR count). The van der Waals surface area contributed by atoms with Crippen LogP contribution in [0.1, 0.15) is 37.3 Å². The number of ether oxygens (including phenoxy) is 2. The summed E-state index contributed by atoms with van der Waals surface area (Å²) in [6.07, 6.45) is 4.54. The van der Waals surface area contributed by atoms with Crippen molar-refractivity contribution in [1.82, 2.24) is 9.80 Å². The van der Waals surface area contributed by atoms with Crippen molar-refractivity contribution < 1.29 is 28.7 Å². The third-order valence-electron chi connectivity index (χ3n) is 6.31. The molecule has 2 aliphatic rings. The molecule has 9 nitrogen and oxygen atoms in total. The van der Waals surface area contributed by atoms with Gasteiger partial charge in [0.15, 0.2) is 18.1 Å². The Balaban J connectivity index is 1.45. The van der Waals surface area contributed by atoms with Gasteiger partial charge in [-0.3, -0.25) is 24.1 Å². The third kappa shape index (κ3) is 7.49. The van der Waals surface area contributed by atoms with Gasteiger partial charge in [0.1, 0.15) is 6.54 Å². The number of amides is 4. The Hall–Kier alpha value is -2.77. The second-order valence-electron chi connectivity index (χ2n) is 9.27. The molecule has 0 aliphatic carbocycles. The van der Waals surface area contributed by atoms with Crippen molar-refractivity contribution in [3.63, 3.8) is 0 Å². The molecule has 0 bridgehead atoms. The summed E-state index contributed by atoms with van der Waals surface area (Å²) in [6.45, 7) is 4.83. The molecule has 12 heteroatoms. The normalized spacial score (nSPS) is 16.4. The van der Waals surface area contributed by atoms with Gasteiger partial charge >= 0.3 is 0 Å². The molecule has 0 aromatic heterocycles. The van der Waals surface area contributed by atoms with E-state index >= 15 is 0 Å². The fourth-order valence-electron chi connectivity index (χ4n) is 4.25. The molecule has 0 radical (unpaired) electrons. The Labute approximate surface area is 255 Å². The number of carbonyl (C=O) groups is 4. The maximum Gasteiger partial charge on any atom is 0.294 e. The molecule has 2 heterocycles. The highest BCUT2D eigenvalue weighted by Gasteiger charge is 2.37. The zero-order valence-corrected chi connectivity index (χ0v) is 25.9. The smallest absolute Gasteiger partial charge is 0.294 e. The Morgan fingerprint density at radius 2 is 1.88 bits per heavy atom. The number of nitrogens with one attached hydrogen (secondary N) is 1. The first-order valence-corrected chi connectivity index (χ1v) is 15.1. The number of hydrogen-bond donors (Lipinski definition) is 1. The van der Waals surface area contributed by atoms with E-state index in [1.807, 2.05) is 19.9 Å². The Morgan fingerprint density at radius 3 is 2.58 bits per heavy atom. The number of imide groups is 1. The third-order valence-corrected chi connectivity index (χ3v) is 8.42. The Bertz CT molecular complexity index is 1360. The quantitative estimate of drug-likeness (QED) is 0.264. The van der Waals surface area contributed by atoms with Crippen LogP contribution in [-0.4, -0.2) is 65.6 Å². The summed E-state index contributed by atoms with van der Waals surface area (Å²) >= 11 is 9.01. The van der Waals surface area contributed by atoms with Gasteiger partial charge in [-0.05, 0) is 109 Å². The van der Waals surface area contributed by atoms with Gasteiger partial charge in [0.25, 0.3) is 17.1 Å². The van der Waals surface area contributed by atoms with Crippen molar-refractivity contribution in [2.75, 3.05) is 38.2 Å². The van der Waals surface area contributed by atoms with E-state index in [2.05, 4.69) is 27.9 Å². The molecule has 4 amide bonds. The van der Waals surface area contributed by atoms with Crippen molar-refractivity contribution in [3.8, 4) is 11.5 Å². The zero-order valence-electron chi connectivity index (χ0n) is 22.1. The number of rotatable bonds is 9. The first-order valence-electron chi connectivity index (χ1n) is 12.8. The maximum atomic E-state index is 13.0. The summed E-state index contributed by atoms with van der Waals surface area (Å²) in [6, 6.07) is 8.70. The maximum absolute atomic E-state index is 13.0. The monoisotopic (exact) mass is 697 g/mol. The highest BCUT2D eigenvalue weighted by atomic mass is 127. The minimum Gasteiger partial charge on any atom is -0.490 e. The van der Waals surface area contributed by atoms with Crippen LogP contribution in [0.5, 0.6) is 11.5 Å². The molecule has 1 N–H and O–H groups in total. The van der Waals surface area contributed by atoms with E-state index < -0.39 is 11.1 Å². The average Bonchev–Trinajstić information content (AvgIpc) is 3.18. The predicted molar refractivity (Wildman–Crippen MR) is 164 cm³/mol. The van der Waals surface area contributed by atoms with Crippen molar-refractivity contribution >= 4 is 80.7 Å². The van der Waals surface area contributed by atoms with Crippen LogP contribution in [0.25, 0.3) is 6.08 Å². The van der Waals surface area contributed by atoms with Crippen LogP contribution in [0.15, 0.2) is 35.2 Å². The second kappa shape index (κ2) is 13.7. The van der Waals surface area contributed by atoms with Gasteiger partial charge in [-0.15, -0.1) is 0 Å². The summed E-state index contributed by atoms with van der Waals surface area (Å²) in [4.78, 5) is 53.6. The van der Waals surface area contributed by atoms with Gasteiger partial charge in [0, 0.05) is 23.8 Å². The molecule has 2 aromatic rings. The highest BCUT2D eigenvalue weighted by molar-refractivity contribution is 14.1. The molecule has 0 unspecified atom stereocenters. The van der Waals surface area contributed by atoms with Crippen molar-refractivity contribution in [1.29, 1.82) is 0 Å². The van der Waals surface area contributed by atoms with Crippen LogP contribution in [0.3, 0.4) is 0 Å². The molecule has 2 aromatic carbocycles. The number of piperidine rings is 1. The lowest BCUT2D eigenvalue weighted by Crippen LogP contribution is -2.44. The van der Waals surface area contributed by atoms with Gasteiger partial charge in [0.05, 0.1) is 15.1 Å². The van der Waals surface area contributed by atoms with Crippen LogP contribution in [0, 0.1) is 10.5 Å². The van der Waals surface area contributed by atoms with E-state index in [0.717, 1.165) is 41.5 Å². The lowest BCUT2D eigenvalue weighted by atomic mass is 10.1. The topological polar surface area (TPSA) is 105 Å². The predicted octanol–water partition coefficient (Wildman–Crippen LogP) is 5.72. The minimum atomic E-state index is -0.499. The number of nitrogens with zero attached hydrogens (tertiary/aromatic N) is 2. The standard InChI is InChI=1S/C28H29ClIN3O6S/c1-3-38-22-12-18(11-21(30)26(22)39-16-24(34)31-19-8-7-17(2)20(29)14-19)13-23-27(36)33(28(37)40-23)15-25(35)32-9-5-4-6-10-32/h7-8,11-14H,3-6,9-10,15-16H2,1-2H3,(H,31,34)/b23-13-. The molecule has 2 aliphatic heterocycles. The molecule has 0 atom stereocenters. The molecule has 212 valence electrons. The summed E-state index contributed by atoms with van der Waals surface area (Å²) in [5, 5.41) is 2.83. The Morgan fingerprint density at radius 1 is 1.12 bits per heavy atom. The summed E-state index contributed by atoms with van der Waals surface area (Å²) in [5.74, 6) is -0.299. The number of benzene rings is 2. The van der Waals surface area contributed by atoms with Gasteiger partial charge in [-0.1, -0.05) is 17.7 Å². The fraction of sp³-hybridized carbons (Fsp3) is 0.357. The minimum absolute atomic E-state index is 0.215. The van der Waals surface area contributed by atoms with Crippen molar-refractivity contribution in [3.05, 3.63) is 55.0 Å². The zero-order chi connectivity index (χ0) is 28.8. The fourth-order valence-corrected chi connectivity index (χ4v) is 6.05. The first-order chi connectivity index (χ1) is 19.2. The van der Waals surface area contributed by atoms with Gasteiger partial charge in [-0.25, -0.2) is 0 Å². The summed E-state index contributed by atoms with van der Waals surface area (Å²) in [7, 11) is 0. The van der Waals surface area contributed by atoms with E-state index in [1.165, 1.54) is 0 Å². The molecular formula is C28H29ClIN3O6S. The molecule has 40 heavy (non-hydrogen) atoms. The SMILES string of the molecule is CCOc1cc(/C=C2\SC(=O)N(CC(=O)N3CCCCC3)C2=O)cc(I)c1OCC(=O)Nc1ccc(C)c(Cl)c1. The molecule has 2 fully saturated rings. The molecule has 0 saturated carbocycles. The first kappa shape index (κ1) is 30.2. The lowest BCUT2D eigenvalue weighted by molar-refractivity contribution is -0.136. The van der Waals surface area contributed by atoms with Crippen LogP contribution in [0.2, 0.25) is 5.02 Å². The average molecular weight is 698 g/mol. The number of aryl methyl sites for hydroxylation is 1. The molecule has 0 spiro atoms. The van der Waals surface area contributed by atoms with Crippen LogP contribution >= 0.6 is 46.0 Å². The summed E-state index contributed by atoms with van der Waals surface area (Å²) in [5.41, 5.74) is 2.08. The summed E-state index contributed by atoms with van der Waals surface area (Å²) < 4.78 is 12.2. The van der Waals surface area contributed by atoms with E-state index in [-0.39, 0.29) is 29.9 Å². The number of halogens is 2. The van der Waals surface area contributed by atoms with Crippen LogP contribution < -0.4 is 14.8 Å². The number of hydrogen-bond acceptors (Lipinski definition) is 7. The van der Waals surface area contributed by atoms with E-state index in [0.29, 0.717) is 51.0 Å². The number of likely N-dealkylation sites (tertiary alicyclic amines) is 1. The van der Waals surface area contributed by atoms with Crippen LogP contribution in [-0.2, 0) is 14.4 Å². The van der Waals surface area contributed by atoms with E-state index in [4.69, 9.17) is 21.1 Å². The van der Waals surface area contributed by atoms with E-state index in [1.54, 1.807) is 35.2 Å². The lowest BCUT2D eigenvalue weighted by Gasteiger charge is -2.27. The van der Waals surface area contributed by atoms with E-state index in [9.17, 15) is 19.2 Å². The molecule has 2 saturated heterocycles. The number of carbonyl (C=O) groups excluding carboxylic acids is 4. The molecular weight excluding hydrogens is 669 g/mol. The van der Waals surface area contributed by atoms with Crippen molar-refractivity contribution in [2.24, 2.45) is 0 Å². The van der Waals surface area contributed by atoms with Crippen LogP contribution in [0.4, 0.5) is 10.5 Å². The van der Waals surface area contributed by atoms with Gasteiger partial charge in [-0.2, -0.15) is 0 Å². The highest BCUT2D eigenvalue weighted by Crippen LogP contribution is 2.37. The number of thioether (sulfide) groups is 1. The second-order valence-corrected chi connectivity index (χ2v) is 11.8.